The van der Waals surface area contributed by atoms with E-state index in [1.165, 1.54) is 30.7 Å². The second kappa shape index (κ2) is 9.77. The Hall–Kier alpha value is -2.66. The Morgan fingerprint density at radius 2 is 1.74 bits per heavy atom. The molecule has 7 nitrogen and oxygen atoms in total. The van der Waals surface area contributed by atoms with Gasteiger partial charge in [-0.15, -0.1) is 0 Å². The van der Waals surface area contributed by atoms with Gasteiger partial charge in [-0.05, 0) is 57.4 Å². The van der Waals surface area contributed by atoms with E-state index in [0.29, 0.717) is 16.9 Å². The molecule has 1 aliphatic carbocycles. The summed E-state index contributed by atoms with van der Waals surface area (Å²) in [5.41, 5.74) is 0.876. The number of halogens is 3. The number of alkyl halides is 3. The molecule has 1 aromatic carbocycles. The molecule has 0 amide bonds. The first-order chi connectivity index (χ1) is 16.4. The number of pyridine rings is 1. The molecular weight excluding hydrogens is 479 g/mol. The molecule has 2 aromatic heterocycles. The number of anilines is 2. The molecule has 0 unspecified atom stereocenters. The number of H-pyrrole nitrogens is 1. The molecule has 4 rings (SSSR count). The van der Waals surface area contributed by atoms with Gasteiger partial charge in [-0.3, -0.25) is 9.48 Å². The zero-order chi connectivity index (χ0) is 25.4. The first kappa shape index (κ1) is 25.4. The van der Waals surface area contributed by atoms with Gasteiger partial charge >= 0.3 is 6.18 Å². The van der Waals surface area contributed by atoms with E-state index in [1.54, 1.807) is 27.0 Å². The monoisotopic (exact) mass is 509 g/mol. The van der Waals surface area contributed by atoms with Crippen molar-refractivity contribution in [3.8, 4) is 0 Å². The number of hydrogen-bond donors (Lipinski definition) is 3. The molecule has 1 aliphatic rings. The van der Waals surface area contributed by atoms with E-state index >= 15 is 0 Å². The van der Waals surface area contributed by atoms with E-state index in [9.17, 15) is 22.2 Å². The van der Waals surface area contributed by atoms with E-state index in [-0.39, 0.29) is 17.2 Å². The molecule has 0 spiro atoms. The highest BCUT2D eigenvalue weighted by molar-refractivity contribution is 7.84. The molecule has 2 heterocycles. The maximum atomic E-state index is 13.7. The van der Waals surface area contributed by atoms with Crippen LogP contribution in [0.4, 0.5) is 24.7 Å². The Balaban J connectivity index is 1.62. The highest BCUT2D eigenvalue weighted by Crippen LogP contribution is 2.36. The topological polar surface area (TPSA) is 91.8 Å². The van der Waals surface area contributed by atoms with Crippen LogP contribution in [0.5, 0.6) is 0 Å². The van der Waals surface area contributed by atoms with Crippen molar-refractivity contribution in [1.29, 1.82) is 0 Å². The van der Waals surface area contributed by atoms with Crippen LogP contribution in [-0.4, -0.2) is 29.9 Å². The molecule has 0 radical (unpaired) electrons. The Morgan fingerprint density at radius 3 is 2.34 bits per heavy atom. The first-order valence-corrected chi connectivity index (χ1v) is 12.8. The van der Waals surface area contributed by atoms with Crippen molar-refractivity contribution in [2.75, 3.05) is 5.32 Å². The van der Waals surface area contributed by atoms with E-state index < -0.39 is 28.0 Å². The largest absolute Gasteiger partial charge is 0.408 e. The second-order valence-electron chi connectivity index (χ2n) is 9.87. The zero-order valence-corrected chi connectivity index (χ0v) is 20.7. The van der Waals surface area contributed by atoms with Crippen LogP contribution in [0.15, 0.2) is 41.3 Å². The molecule has 190 valence electrons. The summed E-state index contributed by atoms with van der Waals surface area (Å²) in [7, 11) is -1.91. The lowest BCUT2D eigenvalue weighted by atomic mass is 9.95. The van der Waals surface area contributed by atoms with Crippen molar-refractivity contribution in [2.45, 2.75) is 75.9 Å². The van der Waals surface area contributed by atoms with Gasteiger partial charge in [-0.25, -0.2) is 8.93 Å². The van der Waals surface area contributed by atoms with Crippen molar-refractivity contribution in [2.24, 2.45) is 0 Å². The maximum absolute atomic E-state index is 13.7. The van der Waals surface area contributed by atoms with Gasteiger partial charge in [0.05, 0.1) is 27.3 Å². The van der Waals surface area contributed by atoms with Crippen molar-refractivity contribution >= 4 is 33.4 Å². The van der Waals surface area contributed by atoms with Crippen molar-refractivity contribution < 1.29 is 17.4 Å². The number of hydrogen-bond acceptors (Lipinski definition) is 4. The standard InChI is InChI=1S/C24H30F3N5O2S/c1-23(2,3)35(34)31-20(24(25,26)27)15-9-11-16(12-10-15)29-21-19-18(13-14-28-22(19)33)32(30-21)17-7-5-4-6-8-17/h9-14,17,20,31H,4-8H2,1-3H3,(H,28,33)(H,29,30)/t20-,35+/m0/s1. The van der Waals surface area contributed by atoms with Gasteiger partial charge in [0.1, 0.15) is 11.4 Å². The first-order valence-electron chi connectivity index (χ1n) is 11.7. The highest BCUT2D eigenvalue weighted by atomic mass is 32.2. The van der Waals surface area contributed by atoms with Crippen LogP contribution in [0.3, 0.4) is 0 Å². The van der Waals surface area contributed by atoms with Gasteiger partial charge in [0.2, 0.25) is 0 Å². The molecule has 2 atom stereocenters. The minimum Gasteiger partial charge on any atom is -0.338 e. The maximum Gasteiger partial charge on any atom is 0.408 e. The van der Waals surface area contributed by atoms with Gasteiger partial charge in [-0.1, -0.05) is 31.4 Å². The normalized spacial score (nSPS) is 17.4. The number of benzene rings is 1. The average Bonchev–Trinajstić information content (AvgIpc) is 3.17. The molecule has 0 bridgehead atoms. The third kappa shape index (κ3) is 5.61. The van der Waals surface area contributed by atoms with Crippen molar-refractivity contribution in [3.05, 3.63) is 52.4 Å². The highest BCUT2D eigenvalue weighted by Gasteiger charge is 2.43. The number of fused-ring (bicyclic) bond motifs is 1. The van der Waals surface area contributed by atoms with Gasteiger partial charge in [0.25, 0.3) is 5.56 Å². The lowest BCUT2D eigenvalue weighted by Gasteiger charge is -2.26. The van der Waals surface area contributed by atoms with Gasteiger partial charge < -0.3 is 10.3 Å². The second-order valence-corrected chi connectivity index (χ2v) is 11.9. The summed E-state index contributed by atoms with van der Waals surface area (Å²) in [5, 5.41) is 8.20. The Morgan fingerprint density at radius 1 is 1.09 bits per heavy atom. The summed E-state index contributed by atoms with van der Waals surface area (Å²) in [6.45, 7) is 4.82. The van der Waals surface area contributed by atoms with Gasteiger partial charge in [0.15, 0.2) is 5.82 Å². The van der Waals surface area contributed by atoms with Crippen LogP contribution in [0, 0.1) is 0 Å². The SMILES string of the molecule is CC(C)(C)[S@@](=O)N[C@@H](c1ccc(Nc2nn(C3CCCCC3)c3cc[nH]c(=O)c23)cc1)C(F)(F)F. The fourth-order valence-electron chi connectivity index (χ4n) is 4.29. The fraction of sp³-hybridized carbons (Fsp3) is 0.500. The molecule has 0 saturated heterocycles. The number of aromatic amines is 1. The zero-order valence-electron chi connectivity index (χ0n) is 19.9. The van der Waals surface area contributed by atoms with E-state index in [2.05, 4.69) is 20.1 Å². The number of nitrogens with one attached hydrogen (secondary N) is 3. The van der Waals surface area contributed by atoms with Crippen LogP contribution in [0.2, 0.25) is 0 Å². The lowest BCUT2D eigenvalue weighted by Crippen LogP contribution is -2.41. The summed E-state index contributed by atoms with van der Waals surface area (Å²) in [4.78, 5) is 15.3. The summed E-state index contributed by atoms with van der Waals surface area (Å²) in [6.07, 6.45) is 2.33. The van der Waals surface area contributed by atoms with Crippen LogP contribution < -0.4 is 15.6 Å². The minimum absolute atomic E-state index is 0.0592. The van der Waals surface area contributed by atoms with Crippen molar-refractivity contribution in [1.82, 2.24) is 19.5 Å². The Kier molecular flexibility index (Phi) is 7.10. The number of aromatic nitrogens is 3. The fourth-order valence-corrected chi connectivity index (χ4v) is 5.13. The Bertz CT molecular complexity index is 1260. The third-order valence-corrected chi connectivity index (χ3v) is 7.73. The van der Waals surface area contributed by atoms with E-state index in [4.69, 9.17) is 0 Å². The number of nitrogens with zero attached hydrogens (tertiary/aromatic N) is 2. The molecule has 35 heavy (non-hydrogen) atoms. The summed E-state index contributed by atoms with van der Waals surface area (Å²) in [6, 6.07) is 5.60. The predicted molar refractivity (Wildman–Crippen MR) is 132 cm³/mol. The van der Waals surface area contributed by atoms with E-state index in [0.717, 1.165) is 31.2 Å². The van der Waals surface area contributed by atoms with Gasteiger partial charge in [-0.2, -0.15) is 18.3 Å². The van der Waals surface area contributed by atoms with Crippen LogP contribution >= 0.6 is 0 Å². The summed E-state index contributed by atoms with van der Waals surface area (Å²) >= 11 is 0. The quantitative estimate of drug-likeness (QED) is 0.402. The van der Waals surface area contributed by atoms with Crippen LogP contribution in [0.1, 0.15) is 70.5 Å². The third-order valence-electron chi connectivity index (χ3n) is 6.17. The molecule has 1 fully saturated rings. The minimum atomic E-state index is -4.63. The summed E-state index contributed by atoms with van der Waals surface area (Å²) in [5.74, 6) is 0.361. The van der Waals surface area contributed by atoms with Crippen LogP contribution in [-0.2, 0) is 11.0 Å². The molecule has 0 aliphatic heterocycles. The predicted octanol–water partition coefficient (Wildman–Crippen LogP) is 5.63. The van der Waals surface area contributed by atoms with E-state index in [1.807, 2.05) is 10.7 Å². The summed E-state index contributed by atoms with van der Waals surface area (Å²) < 4.78 is 56.8. The van der Waals surface area contributed by atoms with Crippen LogP contribution in [0.25, 0.3) is 10.9 Å². The smallest absolute Gasteiger partial charge is 0.338 e. The van der Waals surface area contributed by atoms with Gasteiger partial charge in [0, 0.05) is 11.9 Å². The molecule has 1 saturated carbocycles. The Labute approximate surface area is 204 Å². The molecule has 3 N–H and O–H groups in total. The average molecular weight is 510 g/mol. The number of rotatable bonds is 6. The van der Waals surface area contributed by atoms with Crippen molar-refractivity contribution in [3.63, 3.8) is 0 Å². The molecular formula is C24H30F3N5O2S. The molecule has 11 heteroatoms. The molecule has 3 aromatic rings. The lowest BCUT2D eigenvalue weighted by molar-refractivity contribution is -0.152.